The number of carbonyl (C=O) groups excluding carboxylic acids is 2. The zero-order chi connectivity index (χ0) is 26.5. The number of hydrogen-bond donors (Lipinski definition) is 1. The molecule has 0 saturated heterocycles. The molecule has 0 atom stereocenters. The van der Waals surface area contributed by atoms with Crippen LogP contribution in [-0.2, 0) is 10.2 Å². The summed E-state index contributed by atoms with van der Waals surface area (Å²) in [5, 5.41) is 8.88. The van der Waals surface area contributed by atoms with Crippen molar-refractivity contribution in [2.75, 3.05) is 18.4 Å². The molecule has 9 heteroatoms. The van der Waals surface area contributed by atoms with Crippen molar-refractivity contribution in [2.24, 2.45) is 0 Å². The van der Waals surface area contributed by atoms with E-state index in [1.54, 1.807) is 28.9 Å². The first kappa shape index (κ1) is 28.0. The Kier molecular flexibility index (Phi) is 9.45. The average Bonchev–Trinajstić information content (AvgIpc) is 3.21. The molecule has 0 saturated carbocycles. The van der Waals surface area contributed by atoms with Crippen molar-refractivity contribution in [1.82, 2.24) is 14.7 Å². The second-order valence-electron chi connectivity index (χ2n) is 9.67. The van der Waals surface area contributed by atoms with Gasteiger partial charge in [-0.1, -0.05) is 87.5 Å². The standard InChI is InChI=1S/C27H31Cl3N4O2/c1-5-6-9-12-33(26(36)18-13-19(28)15-20(29)14-18)17-25(35)31-24-16-23(27(2,3)4)32-34(24)22-11-8-7-10-21(22)30/h7-8,10-11,13-16H,5-6,9,12,17H2,1-4H3,(H,31,35). The third-order valence-electron chi connectivity index (χ3n) is 5.59. The maximum Gasteiger partial charge on any atom is 0.254 e. The molecule has 192 valence electrons. The number of anilines is 1. The summed E-state index contributed by atoms with van der Waals surface area (Å²) < 4.78 is 1.63. The van der Waals surface area contributed by atoms with E-state index in [0.29, 0.717) is 38.7 Å². The molecule has 3 aromatic rings. The van der Waals surface area contributed by atoms with Gasteiger partial charge in [-0.3, -0.25) is 9.59 Å². The van der Waals surface area contributed by atoms with Crippen molar-refractivity contribution in [3.8, 4) is 5.69 Å². The van der Waals surface area contributed by atoms with Gasteiger partial charge >= 0.3 is 0 Å². The molecule has 0 spiro atoms. The quantitative estimate of drug-likeness (QED) is 0.283. The zero-order valence-corrected chi connectivity index (χ0v) is 23.2. The summed E-state index contributed by atoms with van der Waals surface area (Å²) in [7, 11) is 0. The number of hydrogen-bond acceptors (Lipinski definition) is 3. The Balaban J connectivity index is 1.88. The van der Waals surface area contributed by atoms with Gasteiger partial charge in [0.2, 0.25) is 5.91 Å². The lowest BCUT2D eigenvalue weighted by atomic mass is 9.92. The van der Waals surface area contributed by atoms with Crippen molar-refractivity contribution >= 4 is 52.4 Å². The highest BCUT2D eigenvalue weighted by molar-refractivity contribution is 6.35. The van der Waals surface area contributed by atoms with E-state index in [9.17, 15) is 9.59 Å². The molecular formula is C27H31Cl3N4O2. The Morgan fingerprint density at radius 1 is 1.00 bits per heavy atom. The van der Waals surface area contributed by atoms with Gasteiger partial charge in [-0.2, -0.15) is 5.10 Å². The van der Waals surface area contributed by atoms with Gasteiger partial charge in [0.25, 0.3) is 5.91 Å². The van der Waals surface area contributed by atoms with Gasteiger partial charge in [0.1, 0.15) is 12.4 Å². The zero-order valence-electron chi connectivity index (χ0n) is 20.9. The number of para-hydroxylation sites is 1. The van der Waals surface area contributed by atoms with E-state index in [2.05, 4.69) is 12.2 Å². The van der Waals surface area contributed by atoms with Crippen LogP contribution in [0.1, 0.15) is 63.0 Å². The van der Waals surface area contributed by atoms with E-state index in [-0.39, 0.29) is 23.8 Å². The summed E-state index contributed by atoms with van der Waals surface area (Å²) in [4.78, 5) is 28.0. The Morgan fingerprint density at radius 2 is 1.67 bits per heavy atom. The summed E-state index contributed by atoms with van der Waals surface area (Å²) in [6.07, 6.45) is 2.70. The highest BCUT2D eigenvalue weighted by atomic mass is 35.5. The molecule has 0 aliphatic rings. The Hall–Kier alpha value is -2.54. The average molecular weight is 550 g/mol. The number of benzene rings is 2. The van der Waals surface area contributed by atoms with Crippen LogP contribution in [0.5, 0.6) is 0 Å². The predicted molar refractivity (Wildman–Crippen MR) is 148 cm³/mol. The van der Waals surface area contributed by atoms with E-state index in [4.69, 9.17) is 39.9 Å². The number of aromatic nitrogens is 2. The van der Waals surface area contributed by atoms with E-state index in [0.717, 1.165) is 25.0 Å². The van der Waals surface area contributed by atoms with Crippen molar-refractivity contribution in [3.63, 3.8) is 0 Å². The number of nitrogens with one attached hydrogen (secondary N) is 1. The molecule has 0 bridgehead atoms. The summed E-state index contributed by atoms with van der Waals surface area (Å²) in [6.45, 7) is 8.51. The van der Waals surface area contributed by atoms with Gasteiger partial charge in [-0.25, -0.2) is 4.68 Å². The van der Waals surface area contributed by atoms with Crippen LogP contribution in [0.25, 0.3) is 5.69 Å². The molecule has 0 radical (unpaired) electrons. The SMILES string of the molecule is CCCCCN(CC(=O)Nc1cc(C(C)(C)C)nn1-c1ccccc1Cl)C(=O)c1cc(Cl)cc(Cl)c1. The second kappa shape index (κ2) is 12.1. The van der Waals surface area contributed by atoms with Gasteiger partial charge in [-0.05, 0) is 36.8 Å². The monoisotopic (exact) mass is 548 g/mol. The fraction of sp³-hybridized carbons (Fsp3) is 0.370. The first-order valence-electron chi connectivity index (χ1n) is 11.9. The number of unbranched alkanes of at least 4 members (excludes halogenated alkanes) is 2. The molecule has 1 aromatic heterocycles. The van der Waals surface area contributed by atoms with Crippen LogP contribution < -0.4 is 5.32 Å². The summed E-state index contributed by atoms with van der Waals surface area (Å²) in [5.74, 6) is -0.174. The molecule has 0 aliphatic carbocycles. The van der Waals surface area contributed by atoms with Crippen LogP contribution in [0.2, 0.25) is 15.1 Å². The molecule has 6 nitrogen and oxygen atoms in total. The Labute approximate surface area is 227 Å². The summed E-state index contributed by atoms with van der Waals surface area (Å²) >= 11 is 18.7. The van der Waals surface area contributed by atoms with Crippen molar-refractivity contribution in [2.45, 2.75) is 52.4 Å². The molecule has 2 amide bonds. The molecular weight excluding hydrogens is 519 g/mol. The van der Waals surface area contributed by atoms with Crippen LogP contribution >= 0.6 is 34.8 Å². The normalized spacial score (nSPS) is 11.4. The van der Waals surface area contributed by atoms with Crippen LogP contribution in [0, 0.1) is 0 Å². The predicted octanol–water partition coefficient (Wildman–Crippen LogP) is 7.40. The number of rotatable bonds is 9. The second-order valence-corrected chi connectivity index (χ2v) is 10.9. The molecule has 1 N–H and O–H groups in total. The highest BCUT2D eigenvalue weighted by Crippen LogP contribution is 2.29. The van der Waals surface area contributed by atoms with Gasteiger partial charge in [-0.15, -0.1) is 0 Å². The van der Waals surface area contributed by atoms with Gasteiger partial charge in [0.15, 0.2) is 0 Å². The van der Waals surface area contributed by atoms with Gasteiger partial charge < -0.3 is 10.2 Å². The fourth-order valence-corrected chi connectivity index (χ4v) is 4.41. The third kappa shape index (κ3) is 7.25. The number of carbonyl (C=O) groups is 2. The molecule has 0 fully saturated rings. The summed E-state index contributed by atoms with van der Waals surface area (Å²) in [6, 6.07) is 13.8. The Bertz CT molecular complexity index is 1210. The van der Waals surface area contributed by atoms with E-state index < -0.39 is 0 Å². The lowest BCUT2D eigenvalue weighted by Gasteiger charge is -2.22. The molecule has 2 aromatic carbocycles. The van der Waals surface area contributed by atoms with E-state index in [1.807, 2.05) is 45.0 Å². The highest BCUT2D eigenvalue weighted by Gasteiger charge is 2.24. The van der Waals surface area contributed by atoms with Crippen molar-refractivity contribution < 1.29 is 9.59 Å². The van der Waals surface area contributed by atoms with Crippen LogP contribution in [0.15, 0.2) is 48.5 Å². The van der Waals surface area contributed by atoms with E-state index in [1.165, 1.54) is 4.90 Å². The number of halogens is 3. The first-order chi connectivity index (χ1) is 17.0. The fourth-order valence-electron chi connectivity index (χ4n) is 3.66. The minimum atomic E-state index is -0.346. The van der Waals surface area contributed by atoms with Crippen LogP contribution in [-0.4, -0.2) is 39.6 Å². The lowest BCUT2D eigenvalue weighted by Crippen LogP contribution is -2.39. The van der Waals surface area contributed by atoms with Crippen LogP contribution in [0.3, 0.4) is 0 Å². The molecule has 1 heterocycles. The van der Waals surface area contributed by atoms with Crippen LogP contribution in [0.4, 0.5) is 5.82 Å². The number of nitrogens with zero attached hydrogens (tertiary/aromatic N) is 3. The molecule has 0 aliphatic heterocycles. The Morgan fingerprint density at radius 3 is 2.28 bits per heavy atom. The first-order valence-corrected chi connectivity index (χ1v) is 13.0. The smallest absolute Gasteiger partial charge is 0.254 e. The molecule has 3 rings (SSSR count). The summed E-state index contributed by atoms with van der Waals surface area (Å²) in [5.41, 5.74) is 1.53. The van der Waals surface area contributed by atoms with Crippen molar-refractivity contribution in [3.05, 3.63) is 74.9 Å². The largest absolute Gasteiger partial charge is 0.329 e. The minimum Gasteiger partial charge on any atom is -0.329 e. The van der Waals surface area contributed by atoms with Gasteiger partial charge in [0, 0.05) is 33.6 Å². The lowest BCUT2D eigenvalue weighted by molar-refractivity contribution is -0.117. The van der Waals surface area contributed by atoms with Gasteiger partial charge in [0.05, 0.1) is 16.4 Å². The topological polar surface area (TPSA) is 67.2 Å². The molecule has 36 heavy (non-hydrogen) atoms. The maximum absolute atomic E-state index is 13.3. The number of amides is 2. The maximum atomic E-state index is 13.3. The third-order valence-corrected chi connectivity index (χ3v) is 6.34. The van der Waals surface area contributed by atoms with Crippen molar-refractivity contribution in [1.29, 1.82) is 0 Å². The molecule has 0 unspecified atom stereocenters. The minimum absolute atomic E-state index is 0.134. The van der Waals surface area contributed by atoms with E-state index >= 15 is 0 Å².